The minimum atomic E-state index is 0.502. The van der Waals surface area contributed by atoms with E-state index in [0.717, 1.165) is 0 Å². The number of hydrogen-bond donors (Lipinski definition) is 0. The summed E-state index contributed by atoms with van der Waals surface area (Å²) in [5, 5.41) is 0. The van der Waals surface area contributed by atoms with E-state index in [-0.39, 0.29) is 0 Å². The van der Waals surface area contributed by atoms with Crippen molar-refractivity contribution in [1.82, 2.24) is 0 Å². The lowest BCUT2D eigenvalue weighted by Crippen LogP contribution is -2.21. The predicted molar refractivity (Wildman–Crippen MR) is 51.1 cm³/mol. The third kappa shape index (κ3) is 1.38. The Bertz CT molecular complexity index is 284. The fraction of sp³-hybridized carbons (Fsp3) is 0.500. The molecule has 0 unspecified atom stereocenters. The summed E-state index contributed by atoms with van der Waals surface area (Å²) in [7, 11) is 0. The molecule has 0 bridgehead atoms. The summed E-state index contributed by atoms with van der Waals surface area (Å²) < 4.78 is 0. The maximum Gasteiger partial charge on any atom is -0.0181 e. The highest BCUT2D eigenvalue weighted by atomic mass is 14.3. The molecule has 12 heavy (non-hydrogen) atoms. The van der Waals surface area contributed by atoms with Crippen molar-refractivity contribution in [2.45, 2.75) is 33.1 Å². The Morgan fingerprint density at radius 3 is 3.00 bits per heavy atom. The number of benzene rings is 1. The van der Waals surface area contributed by atoms with E-state index in [0.29, 0.717) is 5.41 Å². The van der Waals surface area contributed by atoms with Gasteiger partial charge in [0.05, 0.1) is 0 Å². The number of fused-ring (bicyclic) bond motifs is 1. The Balaban J connectivity index is 2.35. The summed E-state index contributed by atoms with van der Waals surface area (Å²) in [6.07, 6.45) is 3.79. The van der Waals surface area contributed by atoms with Crippen molar-refractivity contribution >= 4 is 0 Å². The Hall–Kier alpha value is -0.780. The van der Waals surface area contributed by atoms with Gasteiger partial charge < -0.3 is 0 Å². The minimum absolute atomic E-state index is 0.502. The molecule has 0 atom stereocenters. The van der Waals surface area contributed by atoms with Gasteiger partial charge in [-0.05, 0) is 41.9 Å². The molecule has 63 valence electrons. The van der Waals surface area contributed by atoms with Gasteiger partial charge in [0.15, 0.2) is 0 Å². The first kappa shape index (κ1) is 7.85. The molecule has 1 aromatic carbocycles. The van der Waals surface area contributed by atoms with Crippen LogP contribution < -0.4 is 0 Å². The van der Waals surface area contributed by atoms with Gasteiger partial charge in [-0.25, -0.2) is 0 Å². The summed E-state index contributed by atoms with van der Waals surface area (Å²) in [6, 6.07) is 9.55. The Morgan fingerprint density at radius 1 is 1.33 bits per heavy atom. The summed E-state index contributed by atoms with van der Waals surface area (Å²) in [5.74, 6) is 0. The molecule has 0 spiro atoms. The van der Waals surface area contributed by atoms with Gasteiger partial charge >= 0.3 is 0 Å². The van der Waals surface area contributed by atoms with Gasteiger partial charge in [-0.2, -0.15) is 0 Å². The van der Waals surface area contributed by atoms with Gasteiger partial charge in [0, 0.05) is 0 Å². The quantitative estimate of drug-likeness (QED) is 0.546. The van der Waals surface area contributed by atoms with E-state index in [1.54, 1.807) is 0 Å². The monoisotopic (exact) mass is 159 g/mol. The summed E-state index contributed by atoms with van der Waals surface area (Å²) in [4.78, 5) is 0. The van der Waals surface area contributed by atoms with Crippen LogP contribution in [-0.2, 0) is 12.8 Å². The summed E-state index contributed by atoms with van der Waals surface area (Å²) in [6.45, 7) is 4.70. The third-order valence-electron chi connectivity index (χ3n) is 2.79. The van der Waals surface area contributed by atoms with Gasteiger partial charge in [0.2, 0.25) is 0 Å². The molecule has 0 heterocycles. The lowest BCUT2D eigenvalue weighted by Gasteiger charge is -2.30. The lowest BCUT2D eigenvalue weighted by atomic mass is 9.74. The van der Waals surface area contributed by atoms with E-state index < -0.39 is 0 Å². The van der Waals surface area contributed by atoms with Crippen LogP contribution in [0.5, 0.6) is 0 Å². The average molecular weight is 159 g/mol. The molecule has 0 saturated heterocycles. The zero-order chi connectivity index (χ0) is 8.60. The summed E-state index contributed by atoms with van der Waals surface area (Å²) >= 11 is 0. The van der Waals surface area contributed by atoms with Gasteiger partial charge in [-0.3, -0.25) is 0 Å². The smallest absolute Gasteiger partial charge is 0.0181 e. The molecule has 0 heteroatoms. The first-order valence-corrected chi connectivity index (χ1v) is 4.65. The topological polar surface area (TPSA) is 0 Å². The lowest BCUT2D eigenvalue weighted by molar-refractivity contribution is 0.315. The molecule has 0 saturated carbocycles. The highest BCUT2D eigenvalue weighted by molar-refractivity contribution is 5.29. The van der Waals surface area contributed by atoms with Crippen molar-refractivity contribution in [2.75, 3.05) is 0 Å². The normalized spacial score (nSPS) is 20.2. The molecular weight excluding hydrogens is 144 g/mol. The molecule has 2 rings (SSSR count). The maximum atomic E-state index is 3.16. The van der Waals surface area contributed by atoms with Crippen molar-refractivity contribution < 1.29 is 0 Å². The van der Waals surface area contributed by atoms with Gasteiger partial charge in [0.25, 0.3) is 0 Å². The predicted octanol–water partition coefficient (Wildman–Crippen LogP) is 3.00. The Labute approximate surface area is 74.6 Å². The van der Waals surface area contributed by atoms with Crippen molar-refractivity contribution in [1.29, 1.82) is 0 Å². The Morgan fingerprint density at radius 2 is 2.17 bits per heavy atom. The second-order valence-electron chi connectivity index (χ2n) is 4.54. The second-order valence-corrected chi connectivity index (χ2v) is 4.54. The number of aryl methyl sites for hydroxylation is 1. The van der Waals surface area contributed by atoms with Gasteiger partial charge in [-0.1, -0.05) is 32.0 Å². The minimum Gasteiger partial charge on any atom is -0.0596 e. The van der Waals surface area contributed by atoms with Crippen LogP contribution in [0.2, 0.25) is 0 Å². The van der Waals surface area contributed by atoms with Crippen molar-refractivity contribution in [2.24, 2.45) is 5.41 Å². The molecule has 1 aliphatic rings. The SMILES string of the molecule is CC1(C)CCc2cc[c]cc2C1. The molecule has 0 aromatic heterocycles. The van der Waals surface area contributed by atoms with E-state index in [9.17, 15) is 0 Å². The first-order valence-electron chi connectivity index (χ1n) is 4.65. The molecule has 0 fully saturated rings. The fourth-order valence-corrected chi connectivity index (χ4v) is 1.98. The van der Waals surface area contributed by atoms with Crippen molar-refractivity contribution in [3.63, 3.8) is 0 Å². The van der Waals surface area contributed by atoms with Crippen LogP contribution in [0.25, 0.3) is 0 Å². The molecule has 0 nitrogen and oxygen atoms in total. The standard InChI is InChI=1S/C12H15/c1-12(2)8-7-10-5-3-4-6-11(10)9-12/h3,5-6H,7-9H2,1-2H3. The largest absolute Gasteiger partial charge is 0.0596 e. The van der Waals surface area contributed by atoms with E-state index in [4.69, 9.17) is 0 Å². The molecule has 1 aromatic rings. The van der Waals surface area contributed by atoms with Crippen molar-refractivity contribution in [3.8, 4) is 0 Å². The molecule has 0 amide bonds. The maximum absolute atomic E-state index is 3.16. The van der Waals surface area contributed by atoms with Crippen molar-refractivity contribution in [3.05, 3.63) is 35.4 Å². The number of rotatable bonds is 0. The van der Waals surface area contributed by atoms with Crippen LogP contribution in [0, 0.1) is 11.5 Å². The molecular formula is C12H15. The highest BCUT2D eigenvalue weighted by Gasteiger charge is 2.24. The average Bonchev–Trinajstić information content (AvgIpc) is 2.02. The molecule has 1 radical (unpaired) electrons. The van der Waals surface area contributed by atoms with E-state index in [2.05, 4.69) is 32.0 Å². The zero-order valence-electron chi connectivity index (χ0n) is 7.85. The number of hydrogen-bond acceptors (Lipinski definition) is 0. The Kier molecular flexibility index (Phi) is 1.71. The van der Waals surface area contributed by atoms with E-state index >= 15 is 0 Å². The van der Waals surface area contributed by atoms with Crippen LogP contribution in [0.3, 0.4) is 0 Å². The van der Waals surface area contributed by atoms with Crippen LogP contribution in [0.4, 0.5) is 0 Å². The molecule has 0 aliphatic heterocycles. The van der Waals surface area contributed by atoms with Crippen LogP contribution in [-0.4, -0.2) is 0 Å². The first-order chi connectivity index (χ1) is 5.67. The fourth-order valence-electron chi connectivity index (χ4n) is 1.98. The van der Waals surface area contributed by atoms with Crippen LogP contribution >= 0.6 is 0 Å². The second kappa shape index (κ2) is 2.62. The van der Waals surface area contributed by atoms with Crippen LogP contribution in [0.15, 0.2) is 18.2 Å². The van der Waals surface area contributed by atoms with Gasteiger partial charge in [-0.15, -0.1) is 0 Å². The van der Waals surface area contributed by atoms with E-state index in [1.807, 2.05) is 6.07 Å². The summed E-state index contributed by atoms with van der Waals surface area (Å²) in [5.41, 5.74) is 3.55. The van der Waals surface area contributed by atoms with Crippen LogP contribution in [0.1, 0.15) is 31.4 Å². The van der Waals surface area contributed by atoms with Gasteiger partial charge in [0.1, 0.15) is 0 Å². The highest BCUT2D eigenvalue weighted by Crippen LogP contribution is 2.34. The third-order valence-corrected chi connectivity index (χ3v) is 2.79. The molecule has 0 N–H and O–H groups in total. The van der Waals surface area contributed by atoms with E-state index in [1.165, 1.54) is 30.4 Å². The zero-order valence-corrected chi connectivity index (χ0v) is 7.85. The molecule has 1 aliphatic carbocycles.